The highest BCUT2D eigenvalue weighted by Crippen LogP contribution is 2.40. The minimum atomic E-state index is 0.0666. The molecule has 5 rings (SSSR count). The summed E-state index contributed by atoms with van der Waals surface area (Å²) in [6, 6.07) is 14.7. The number of anilines is 2. The van der Waals surface area contributed by atoms with Crippen LogP contribution in [-0.4, -0.2) is 37.8 Å². The van der Waals surface area contributed by atoms with Crippen LogP contribution in [0.3, 0.4) is 0 Å². The summed E-state index contributed by atoms with van der Waals surface area (Å²) in [5, 5.41) is 3.36. The van der Waals surface area contributed by atoms with Crippen molar-refractivity contribution in [2.75, 3.05) is 29.6 Å². The first kappa shape index (κ1) is 17.6. The fourth-order valence-corrected chi connectivity index (χ4v) is 4.30. The van der Waals surface area contributed by atoms with Crippen molar-refractivity contribution in [1.29, 1.82) is 0 Å². The summed E-state index contributed by atoms with van der Waals surface area (Å²) in [5.74, 6) is 0.873. The highest BCUT2D eigenvalue weighted by molar-refractivity contribution is 6.12. The molecule has 0 aromatic heterocycles. The van der Waals surface area contributed by atoms with Crippen molar-refractivity contribution in [1.82, 2.24) is 5.32 Å². The van der Waals surface area contributed by atoms with Crippen LogP contribution in [0.25, 0.3) is 0 Å². The van der Waals surface area contributed by atoms with E-state index in [-0.39, 0.29) is 12.0 Å². The van der Waals surface area contributed by atoms with Crippen LogP contribution in [0.5, 0.6) is 5.75 Å². The van der Waals surface area contributed by atoms with Gasteiger partial charge < -0.3 is 15.0 Å². The Morgan fingerprint density at radius 1 is 1.00 bits per heavy atom. The van der Waals surface area contributed by atoms with Crippen molar-refractivity contribution >= 4 is 17.3 Å². The minimum absolute atomic E-state index is 0.0666. The monoisotopic (exact) mass is 377 g/mol. The van der Waals surface area contributed by atoms with Crippen LogP contribution in [0.4, 0.5) is 11.4 Å². The number of nitrogens with zero attached hydrogens (tertiary/aromatic N) is 2. The van der Waals surface area contributed by atoms with Crippen molar-refractivity contribution in [2.24, 2.45) is 0 Å². The number of piperidine rings is 1. The number of benzene rings is 2. The zero-order valence-electron chi connectivity index (χ0n) is 16.4. The molecule has 2 aromatic carbocycles. The highest BCUT2D eigenvalue weighted by atomic mass is 16.5. The lowest BCUT2D eigenvalue weighted by molar-refractivity contribution is 0.0980. The Hall–Kier alpha value is -2.53. The maximum atomic E-state index is 13.4. The van der Waals surface area contributed by atoms with E-state index in [4.69, 9.17) is 4.74 Å². The Balaban J connectivity index is 1.49. The van der Waals surface area contributed by atoms with E-state index in [2.05, 4.69) is 29.3 Å². The number of hydrogen-bond donors (Lipinski definition) is 1. The molecule has 0 unspecified atom stereocenters. The number of para-hydroxylation sites is 1. The van der Waals surface area contributed by atoms with Gasteiger partial charge in [0.05, 0.1) is 17.9 Å². The molecule has 2 heterocycles. The third kappa shape index (κ3) is 3.24. The smallest absolute Gasteiger partial charge is 0.262 e. The van der Waals surface area contributed by atoms with Crippen molar-refractivity contribution < 1.29 is 9.53 Å². The van der Waals surface area contributed by atoms with Gasteiger partial charge in [-0.1, -0.05) is 18.2 Å². The van der Waals surface area contributed by atoms with E-state index in [1.165, 1.54) is 12.8 Å². The summed E-state index contributed by atoms with van der Waals surface area (Å²) >= 11 is 0. The zero-order valence-corrected chi connectivity index (χ0v) is 16.4. The number of carbonyl (C=O) groups is 1. The van der Waals surface area contributed by atoms with Crippen LogP contribution in [0.1, 0.15) is 41.6 Å². The SMILES string of the molecule is Cc1ccccc1N1CN(C2CC2)c2ccc(OC3CCNCC3)cc2C1=O. The molecule has 2 aromatic rings. The first-order valence-electron chi connectivity index (χ1n) is 10.4. The highest BCUT2D eigenvalue weighted by Gasteiger charge is 2.38. The number of fused-ring (bicyclic) bond motifs is 1. The van der Waals surface area contributed by atoms with E-state index in [9.17, 15) is 4.79 Å². The van der Waals surface area contributed by atoms with Gasteiger partial charge in [-0.2, -0.15) is 0 Å². The first-order valence-corrected chi connectivity index (χ1v) is 10.4. The van der Waals surface area contributed by atoms with Gasteiger partial charge in [-0.05, 0) is 75.5 Å². The van der Waals surface area contributed by atoms with Gasteiger partial charge in [0.1, 0.15) is 11.9 Å². The second-order valence-electron chi connectivity index (χ2n) is 8.11. The van der Waals surface area contributed by atoms with Gasteiger partial charge >= 0.3 is 0 Å². The molecule has 0 spiro atoms. The molecule has 1 saturated heterocycles. The fraction of sp³-hybridized carbons (Fsp3) is 0.435. The van der Waals surface area contributed by atoms with Crippen LogP contribution in [0.15, 0.2) is 42.5 Å². The number of nitrogens with one attached hydrogen (secondary N) is 1. The maximum Gasteiger partial charge on any atom is 0.262 e. The molecule has 28 heavy (non-hydrogen) atoms. The predicted molar refractivity (Wildman–Crippen MR) is 111 cm³/mol. The standard InChI is InChI=1S/C23H27N3O2/c1-16-4-2-3-5-21(16)26-15-25(17-6-7-17)22-9-8-19(14-20(22)23(26)27)28-18-10-12-24-13-11-18/h2-5,8-9,14,17-18,24H,6-7,10-13,15H2,1H3. The van der Waals surface area contributed by atoms with Gasteiger partial charge in [0.2, 0.25) is 0 Å². The van der Waals surface area contributed by atoms with E-state index in [1.807, 2.05) is 35.2 Å². The van der Waals surface area contributed by atoms with Gasteiger partial charge in [0.25, 0.3) is 5.91 Å². The van der Waals surface area contributed by atoms with E-state index >= 15 is 0 Å². The number of amides is 1. The molecule has 0 atom stereocenters. The molecule has 0 radical (unpaired) electrons. The quantitative estimate of drug-likeness (QED) is 0.882. The second kappa shape index (κ2) is 7.13. The molecular formula is C23H27N3O2. The van der Waals surface area contributed by atoms with Gasteiger partial charge in [0.15, 0.2) is 0 Å². The third-order valence-corrected chi connectivity index (χ3v) is 6.03. The van der Waals surface area contributed by atoms with E-state index < -0.39 is 0 Å². The molecule has 5 heteroatoms. The van der Waals surface area contributed by atoms with E-state index in [0.717, 1.165) is 54.2 Å². The summed E-state index contributed by atoms with van der Waals surface area (Å²) in [6.45, 7) is 4.67. The van der Waals surface area contributed by atoms with Gasteiger partial charge in [0, 0.05) is 11.7 Å². The van der Waals surface area contributed by atoms with E-state index in [0.29, 0.717) is 12.7 Å². The summed E-state index contributed by atoms with van der Waals surface area (Å²) < 4.78 is 6.22. The van der Waals surface area contributed by atoms with Crippen LogP contribution in [0.2, 0.25) is 0 Å². The minimum Gasteiger partial charge on any atom is -0.490 e. The topological polar surface area (TPSA) is 44.8 Å². The molecule has 146 valence electrons. The molecule has 1 aliphatic carbocycles. The van der Waals surface area contributed by atoms with Crippen molar-refractivity contribution in [2.45, 2.75) is 44.8 Å². The Bertz CT molecular complexity index is 887. The third-order valence-electron chi connectivity index (χ3n) is 6.03. The van der Waals surface area contributed by atoms with Gasteiger partial charge in [-0.3, -0.25) is 9.69 Å². The van der Waals surface area contributed by atoms with Crippen molar-refractivity contribution in [3.63, 3.8) is 0 Å². The Kier molecular flexibility index (Phi) is 4.47. The summed E-state index contributed by atoms with van der Waals surface area (Å²) in [7, 11) is 0. The zero-order chi connectivity index (χ0) is 19.1. The van der Waals surface area contributed by atoms with Crippen LogP contribution in [0, 0.1) is 6.92 Å². The molecular weight excluding hydrogens is 350 g/mol. The number of ether oxygens (including phenoxy) is 1. The average Bonchev–Trinajstić information content (AvgIpc) is 3.55. The maximum absolute atomic E-state index is 13.4. The molecule has 1 saturated carbocycles. The lowest BCUT2D eigenvalue weighted by Crippen LogP contribution is -2.48. The molecule has 3 aliphatic rings. The Morgan fingerprint density at radius 2 is 1.79 bits per heavy atom. The average molecular weight is 377 g/mol. The van der Waals surface area contributed by atoms with Gasteiger partial charge in [-0.25, -0.2) is 0 Å². The lowest BCUT2D eigenvalue weighted by atomic mass is 10.0. The fourth-order valence-electron chi connectivity index (χ4n) is 4.30. The summed E-state index contributed by atoms with van der Waals surface area (Å²) in [6.07, 6.45) is 4.64. The lowest BCUT2D eigenvalue weighted by Gasteiger charge is -2.39. The van der Waals surface area contributed by atoms with Crippen molar-refractivity contribution in [3.05, 3.63) is 53.6 Å². The molecule has 2 fully saturated rings. The largest absolute Gasteiger partial charge is 0.490 e. The summed E-state index contributed by atoms with van der Waals surface area (Å²) in [5.41, 5.74) is 3.92. The second-order valence-corrected chi connectivity index (χ2v) is 8.11. The van der Waals surface area contributed by atoms with Crippen LogP contribution < -0.4 is 19.9 Å². The van der Waals surface area contributed by atoms with Crippen LogP contribution in [-0.2, 0) is 0 Å². The molecule has 1 N–H and O–H groups in total. The molecule has 1 amide bonds. The number of aryl methyl sites for hydroxylation is 1. The summed E-state index contributed by atoms with van der Waals surface area (Å²) in [4.78, 5) is 17.7. The van der Waals surface area contributed by atoms with Crippen LogP contribution >= 0.6 is 0 Å². The molecule has 2 aliphatic heterocycles. The van der Waals surface area contributed by atoms with Crippen molar-refractivity contribution in [3.8, 4) is 5.75 Å². The first-order chi connectivity index (χ1) is 13.7. The predicted octanol–water partition coefficient (Wildman–Crippen LogP) is 3.71. The number of hydrogen-bond acceptors (Lipinski definition) is 4. The van der Waals surface area contributed by atoms with Gasteiger partial charge in [-0.15, -0.1) is 0 Å². The molecule has 5 nitrogen and oxygen atoms in total. The number of rotatable bonds is 4. The normalized spacial score (nSPS) is 20.2. The Labute approximate surface area is 166 Å². The Morgan fingerprint density at radius 3 is 2.54 bits per heavy atom. The molecule has 0 bridgehead atoms. The number of carbonyl (C=O) groups excluding carboxylic acids is 1. The van der Waals surface area contributed by atoms with E-state index in [1.54, 1.807) is 0 Å².